The molecule has 0 aliphatic carbocycles. The van der Waals surface area contributed by atoms with Crippen LogP contribution in [0.15, 0.2) is 10.7 Å². The number of unbranched alkanes of at least 4 members (excludes halogenated alkanes) is 4. The molecule has 1 atom stereocenters. The predicted octanol–water partition coefficient (Wildman–Crippen LogP) is -0.445. The van der Waals surface area contributed by atoms with E-state index in [1.54, 1.807) is 0 Å². The zero-order chi connectivity index (χ0) is 22.4. The van der Waals surface area contributed by atoms with Gasteiger partial charge in [-0.15, -0.1) is 0 Å². The molecule has 13 heteroatoms. The Kier molecular flexibility index (Phi) is 8.88. The van der Waals surface area contributed by atoms with Crippen LogP contribution in [0.2, 0.25) is 0 Å². The molecule has 0 amide bonds. The summed E-state index contributed by atoms with van der Waals surface area (Å²) >= 11 is 0. The third-order valence-corrected chi connectivity index (χ3v) is 8.62. The van der Waals surface area contributed by atoms with Crippen molar-refractivity contribution in [2.45, 2.75) is 57.7 Å². The highest BCUT2D eigenvalue weighted by atomic mass is 32.2. The number of piperazine rings is 1. The Morgan fingerprint density at radius 1 is 1.13 bits per heavy atom. The molecule has 1 saturated heterocycles. The van der Waals surface area contributed by atoms with E-state index in [4.69, 9.17) is 9.93 Å². The lowest BCUT2D eigenvalue weighted by atomic mass is 10.2. The van der Waals surface area contributed by atoms with Gasteiger partial charge in [0.2, 0.25) is 20.0 Å². The lowest BCUT2D eigenvalue weighted by Crippen LogP contribution is -2.74. The van der Waals surface area contributed by atoms with E-state index in [1.165, 1.54) is 24.6 Å². The molecule has 1 fully saturated rings. The summed E-state index contributed by atoms with van der Waals surface area (Å²) in [6.45, 7) is 4.96. The van der Waals surface area contributed by atoms with Crippen LogP contribution in [0.1, 0.15) is 52.4 Å². The van der Waals surface area contributed by atoms with E-state index in [0.29, 0.717) is 13.1 Å². The van der Waals surface area contributed by atoms with Crippen LogP contribution in [0.4, 0.5) is 0 Å². The van der Waals surface area contributed by atoms with Crippen molar-refractivity contribution in [3.05, 3.63) is 11.8 Å². The average molecular weight is 467 g/mol. The van der Waals surface area contributed by atoms with E-state index < -0.39 is 25.4 Å². The van der Waals surface area contributed by atoms with Crippen molar-refractivity contribution in [2.75, 3.05) is 44.0 Å². The van der Waals surface area contributed by atoms with E-state index in [0.717, 1.165) is 44.8 Å². The van der Waals surface area contributed by atoms with Crippen LogP contribution in [0.25, 0.3) is 0 Å². The number of nitrogens with zero attached hydrogens (tertiary/aromatic N) is 5. The fourth-order valence-electron chi connectivity index (χ4n) is 3.47. The largest absolute Gasteiger partial charge is 0.380 e. The van der Waals surface area contributed by atoms with Gasteiger partial charge in [-0.2, -0.15) is 0 Å². The molecule has 0 spiro atoms. The van der Waals surface area contributed by atoms with Crippen LogP contribution < -0.4 is 20.6 Å². The predicted molar refractivity (Wildman–Crippen MR) is 111 cm³/mol. The molecule has 2 heterocycles. The molecule has 174 valence electrons. The maximum Gasteiger partial charge on any atom is 0.286 e. The second-order valence-electron chi connectivity index (χ2n) is 7.58. The van der Waals surface area contributed by atoms with Gasteiger partial charge in [-0.05, 0) is 18.1 Å². The molecule has 30 heavy (non-hydrogen) atoms. The van der Waals surface area contributed by atoms with Gasteiger partial charge in [0.15, 0.2) is 0 Å². The molecule has 1 aromatic heterocycles. The summed E-state index contributed by atoms with van der Waals surface area (Å²) in [6.07, 6.45) is 7.64. The van der Waals surface area contributed by atoms with Crippen molar-refractivity contribution in [1.82, 2.24) is 13.9 Å². The van der Waals surface area contributed by atoms with E-state index in [9.17, 15) is 16.8 Å². The number of nitrogens with one attached hydrogen (secondary N) is 1. The minimum atomic E-state index is -3.88. The number of aromatic nitrogens is 2. The third-order valence-electron chi connectivity index (χ3n) is 5.18. The fourth-order valence-corrected chi connectivity index (χ4v) is 6.38. The summed E-state index contributed by atoms with van der Waals surface area (Å²) in [4.78, 5) is 1.19. The second kappa shape index (κ2) is 10.7. The fraction of sp³-hybridized carbons (Fsp3) is 0.882. The van der Waals surface area contributed by atoms with Gasteiger partial charge in [0.25, 0.3) is 11.8 Å². The zero-order valence-corrected chi connectivity index (χ0v) is 19.7. The first-order valence-electron chi connectivity index (χ1n) is 10.4. The van der Waals surface area contributed by atoms with Gasteiger partial charge >= 0.3 is 0 Å². The van der Waals surface area contributed by atoms with Crippen molar-refractivity contribution in [2.24, 2.45) is 0 Å². The standard InChI is InChI=1S/C17H34N6O5S2/c1-4-6-8-10-20(11-9-7-5-2)30(26,27)17-15-21(29(3,24)25)12-13-22(17)23-14-16(18)28-19-23/h14,17-18H,4-13,15H2,1-3H3. The molecule has 1 aliphatic heterocycles. The summed E-state index contributed by atoms with van der Waals surface area (Å²) < 4.78 is 59.1. The van der Waals surface area contributed by atoms with Crippen molar-refractivity contribution in [1.29, 1.82) is 5.41 Å². The quantitative estimate of drug-likeness (QED) is 0.326. The van der Waals surface area contributed by atoms with Crippen LogP contribution >= 0.6 is 0 Å². The Labute approximate surface area is 179 Å². The Balaban J connectivity index is 2.37. The molecule has 0 saturated carbocycles. The summed E-state index contributed by atoms with van der Waals surface area (Å²) in [5.74, 6) is 0. The third kappa shape index (κ3) is 6.28. The van der Waals surface area contributed by atoms with Crippen molar-refractivity contribution < 1.29 is 26.1 Å². The molecule has 0 aromatic carbocycles. The van der Waals surface area contributed by atoms with Gasteiger partial charge in [-0.1, -0.05) is 44.3 Å². The summed E-state index contributed by atoms with van der Waals surface area (Å²) in [7, 11) is -7.43. The molecular formula is C17H34N6O5S2. The summed E-state index contributed by atoms with van der Waals surface area (Å²) in [5, 5.41) is 11.6. The Bertz CT molecular complexity index is 916. The maximum absolute atomic E-state index is 13.7. The Morgan fingerprint density at radius 2 is 1.73 bits per heavy atom. The minimum absolute atomic E-state index is 0.116. The van der Waals surface area contributed by atoms with Gasteiger partial charge in [-0.25, -0.2) is 25.4 Å². The van der Waals surface area contributed by atoms with Crippen molar-refractivity contribution >= 4 is 20.0 Å². The van der Waals surface area contributed by atoms with Gasteiger partial charge in [0.05, 0.1) is 6.26 Å². The second-order valence-corrected chi connectivity index (χ2v) is 11.7. The topological polar surface area (TPSA) is 133 Å². The van der Waals surface area contributed by atoms with E-state index in [1.807, 2.05) is 0 Å². The molecule has 1 aromatic rings. The van der Waals surface area contributed by atoms with Crippen LogP contribution in [0, 0.1) is 5.41 Å². The SMILES string of the molecule is CCCCCN(CCCCC)S(=O)(=O)C1CN(S(C)(=O)=O)CCN1[n+]1cc(=N)o[n-]1. The van der Waals surface area contributed by atoms with Gasteiger partial charge in [-0.3, -0.25) is 10.4 Å². The number of rotatable bonds is 12. The monoisotopic (exact) mass is 466 g/mol. The molecule has 1 unspecified atom stereocenters. The Hall–Kier alpha value is -1.44. The first-order valence-corrected chi connectivity index (χ1v) is 13.8. The highest BCUT2D eigenvalue weighted by Crippen LogP contribution is 2.19. The summed E-state index contributed by atoms with van der Waals surface area (Å²) in [6, 6.07) is 0. The van der Waals surface area contributed by atoms with Crippen LogP contribution in [0.5, 0.6) is 0 Å². The molecule has 0 bridgehead atoms. The first-order chi connectivity index (χ1) is 14.1. The first kappa shape index (κ1) is 24.8. The van der Waals surface area contributed by atoms with Crippen LogP contribution in [-0.4, -0.2) is 69.8 Å². The van der Waals surface area contributed by atoms with Crippen LogP contribution in [-0.2, 0) is 20.0 Å². The highest BCUT2D eigenvalue weighted by Gasteiger charge is 2.42. The molecular weight excluding hydrogens is 432 g/mol. The number of hydrogen-bond acceptors (Lipinski definition) is 7. The minimum Gasteiger partial charge on any atom is -0.380 e. The number of hydrogen-bond donors (Lipinski definition) is 1. The van der Waals surface area contributed by atoms with Crippen molar-refractivity contribution in [3.8, 4) is 0 Å². The smallest absolute Gasteiger partial charge is 0.286 e. The van der Waals surface area contributed by atoms with Gasteiger partial charge in [0, 0.05) is 32.7 Å². The normalized spacial score (nSPS) is 18.9. The van der Waals surface area contributed by atoms with Crippen molar-refractivity contribution in [3.63, 3.8) is 0 Å². The van der Waals surface area contributed by atoms with Gasteiger partial charge in [0.1, 0.15) is 5.37 Å². The summed E-state index contributed by atoms with van der Waals surface area (Å²) in [5.41, 5.74) is -0.209. The lowest BCUT2D eigenvalue weighted by Gasteiger charge is -2.42. The maximum atomic E-state index is 13.7. The highest BCUT2D eigenvalue weighted by molar-refractivity contribution is 7.90. The molecule has 0 radical (unpaired) electrons. The van der Waals surface area contributed by atoms with Gasteiger partial charge < -0.3 is 4.52 Å². The average Bonchev–Trinajstić information content (AvgIpc) is 3.12. The van der Waals surface area contributed by atoms with E-state index in [2.05, 4.69) is 19.1 Å². The lowest BCUT2D eigenvalue weighted by molar-refractivity contribution is -0.765. The van der Waals surface area contributed by atoms with E-state index in [-0.39, 0.29) is 25.2 Å². The van der Waals surface area contributed by atoms with E-state index >= 15 is 0 Å². The molecule has 1 N–H and O–H groups in total. The van der Waals surface area contributed by atoms with Crippen LogP contribution in [0.3, 0.4) is 0 Å². The molecule has 2 rings (SSSR count). The zero-order valence-electron chi connectivity index (χ0n) is 18.0. The molecule has 11 nitrogen and oxygen atoms in total. The molecule has 1 aliphatic rings. The number of sulfonamides is 2. The Morgan fingerprint density at radius 3 is 2.20 bits per heavy atom.